The summed E-state index contributed by atoms with van der Waals surface area (Å²) in [6.45, 7) is 3.85. The average molecular weight is 262 g/mol. The predicted octanol–water partition coefficient (Wildman–Crippen LogP) is 1.87. The first kappa shape index (κ1) is 13.3. The Balaban J connectivity index is 2.27. The normalized spacial score (nSPS) is 14.1. The van der Waals surface area contributed by atoms with Crippen LogP contribution in [0, 0.1) is 0 Å². The van der Waals surface area contributed by atoms with Gasteiger partial charge in [-0.25, -0.2) is 14.3 Å². The van der Waals surface area contributed by atoms with Gasteiger partial charge in [0.1, 0.15) is 11.4 Å². The molecule has 0 fully saturated rings. The molecule has 0 spiro atoms. The quantitative estimate of drug-likeness (QED) is 0.833. The summed E-state index contributed by atoms with van der Waals surface area (Å²) in [5, 5.41) is 7.24. The standard InChI is InChI=1S/C13H18N4O2/c1-4-7-13(2,12(18)19-3)16-10-6-9-17-11(15-10)5-8-14-17/h5-6,8-9H,4,7H2,1-3H3,(H,15,16). The number of nitrogens with zero attached hydrogens (tertiary/aromatic N) is 3. The molecule has 2 aromatic heterocycles. The maximum atomic E-state index is 11.9. The maximum absolute atomic E-state index is 11.9. The van der Waals surface area contributed by atoms with Gasteiger partial charge in [0.05, 0.1) is 13.3 Å². The van der Waals surface area contributed by atoms with Crippen molar-refractivity contribution in [3.05, 3.63) is 24.5 Å². The van der Waals surface area contributed by atoms with Gasteiger partial charge in [0.15, 0.2) is 5.65 Å². The zero-order valence-corrected chi connectivity index (χ0v) is 11.4. The first-order chi connectivity index (χ1) is 9.09. The molecule has 2 rings (SSSR count). The fourth-order valence-electron chi connectivity index (χ4n) is 2.11. The summed E-state index contributed by atoms with van der Waals surface area (Å²) in [4.78, 5) is 16.3. The number of carbonyl (C=O) groups is 1. The van der Waals surface area contributed by atoms with Gasteiger partial charge in [-0.05, 0) is 19.4 Å². The van der Waals surface area contributed by atoms with Crippen LogP contribution in [-0.4, -0.2) is 33.2 Å². The molecule has 0 amide bonds. The number of nitrogens with one attached hydrogen (secondary N) is 1. The minimum atomic E-state index is -0.769. The van der Waals surface area contributed by atoms with E-state index in [2.05, 4.69) is 15.4 Å². The average Bonchev–Trinajstić information content (AvgIpc) is 2.85. The Morgan fingerprint density at radius 3 is 3.00 bits per heavy atom. The van der Waals surface area contributed by atoms with Crippen molar-refractivity contribution in [2.75, 3.05) is 12.4 Å². The molecule has 1 N–H and O–H groups in total. The third-order valence-corrected chi connectivity index (χ3v) is 3.05. The van der Waals surface area contributed by atoms with Gasteiger partial charge in [-0.2, -0.15) is 5.10 Å². The lowest BCUT2D eigenvalue weighted by atomic mass is 9.96. The highest BCUT2D eigenvalue weighted by Gasteiger charge is 2.33. The lowest BCUT2D eigenvalue weighted by Crippen LogP contribution is -2.44. The summed E-state index contributed by atoms with van der Waals surface area (Å²) in [5.41, 5.74) is -0.0387. The molecule has 0 aromatic carbocycles. The number of methoxy groups -OCH3 is 1. The van der Waals surface area contributed by atoms with E-state index >= 15 is 0 Å². The van der Waals surface area contributed by atoms with Crippen LogP contribution in [0.4, 0.5) is 5.82 Å². The van der Waals surface area contributed by atoms with Crippen molar-refractivity contribution in [2.45, 2.75) is 32.2 Å². The van der Waals surface area contributed by atoms with Gasteiger partial charge >= 0.3 is 5.97 Å². The Bertz CT molecular complexity index is 581. The summed E-state index contributed by atoms with van der Waals surface area (Å²) >= 11 is 0. The highest BCUT2D eigenvalue weighted by atomic mass is 16.5. The Morgan fingerprint density at radius 1 is 1.53 bits per heavy atom. The molecule has 19 heavy (non-hydrogen) atoms. The Hall–Kier alpha value is -2.11. The maximum Gasteiger partial charge on any atom is 0.331 e. The summed E-state index contributed by atoms with van der Waals surface area (Å²) in [6, 6.07) is 3.59. The molecule has 0 aliphatic carbocycles. The molecule has 1 atom stereocenters. The van der Waals surface area contributed by atoms with Crippen molar-refractivity contribution in [3.63, 3.8) is 0 Å². The highest BCUT2D eigenvalue weighted by molar-refractivity contribution is 5.83. The minimum absolute atomic E-state index is 0.287. The smallest absolute Gasteiger partial charge is 0.331 e. The Kier molecular flexibility index (Phi) is 3.69. The van der Waals surface area contributed by atoms with Gasteiger partial charge in [0.25, 0.3) is 0 Å². The van der Waals surface area contributed by atoms with Crippen molar-refractivity contribution in [1.82, 2.24) is 14.6 Å². The molecule has 2 heterocycles. The second-order valence-electron chi connectivity index (χ2n) is 4.65. The van der Waals surface area contributed by atoms with E-state index in [4.69, 9.17) is 4.74 Å². The monoisotopic (exact) mass is 262 g/mol. The number of anilines is 1. The third kappa shape index (κ3) is 2.67. The van der Waals surface area contributed by atoms with Gasteiger partial charge in [-0.15, -0.1) is 0 Å². The molecule has 0 aliphatic rings. The lowest BCUT2D eigenvalue weighted by Gasteiger charge is -2.28. The number of hydrogen-bond donors (Lipinski definition) is 1. The van der Waals surface area contributed by atoms with E-state index in [0.717, 1.165) is 12.1 Å². The van der Waals surface area contributed by atoms with Crippen LogP contribution in [0.3, 0.4) is 0 Å². The fourth-order valence-corrected chi connectivity index (χ4v) is 2.11. The molecule has 0 saturated heterocycles. The summed E-state index contributed by atoms with van der Waals surface area (Å²) in [7, 11) is 1.39. The molecule has 0 radical (unpaired) electrons. The van der Waals surface area contributed by atoms with Crippen LogP contribution in [0.1, 0.15) is 26.7 Å². The van der Waals surface area contributed by atoms with Crippen molar-refractivity contribution < 1.29 is 9.53 Å². The Morgan fingerprint density at radius 2 is 2.32 bits per heavy atom. The highest BCUT2D eigenvalue weighted by Crippen LogP contribution is 2.20. The van der Waals surface area contributed by atoms with Gasteiger partial charge in [0, 0.05) is 12.3 Å². The van der Waals surface area contributed by atoms with Crippen LogP contribution in [0.5, 0.6) is 0 Å². The third-order valence-electron chi connectivity index (χ3n) is 3.05. The van der Waals surface area contributed by atoms with Crippen molar-refractivity contribution >= 4 is 17.4 Å². The van der Waals surface area contributed by atoms with E-state index in [1.165, 1.54) is 7.11 Å². The molecular weight excluding hydrogens is 244 g/mol. The van der Waals surface area contributed by atoms with E-state index in [1.54, 1.807) is 29.0 Å². The van der Waals surface area contributed by atoms with E-state index in [9.17, 15) is 4.79 Å². The Labute approximate surface area is 111 Å². The molecule has 6 nitrogen and oxygen atoms in total. The number of carbonyl (C=O) groups excluding carboxylic acids is 1. The molecular formula is C13H18N4O2. The van der Waals surface area contributed by atoms with E-state index in [1.807, 2.05) is 13.8 Å². The zero-order valence-electron chi connectivity index (χ0n) is 11.4. The van der Waals surface area contributed by atoms with Crippen LogP contribution < -0.4 is 5.32 Å². The molecule has 0 saturated carbocycles. The van der Waals surface area contributed by atoms with Crippen molar-refractivity contribution in [2.24, 2.45) is 0 Å². The summed E-state index contributed by atoms with van der Waals surface area (Å²) < 4.78 is 6.53. The number of esters is 1. The van der Waals surface area contributed by atoms with Crippen LogP contribution in [0.2, 0.25) is 0 Å². The number of fused-ring (bicyclic) bond motifs is 1. The first-order valence-electron chi connectivity index (χ1n) is 6.26. The van der Waals surface area contributed by atoms with Crippen LogP contribution >= 0.6 is 0 Å². The largest absolute Gasteiger partial charge is 0.467 e. The first-order valence-corrected chi connectivity index (χ1v) is 6.26. The fraction of sp³-hybridized carbons (Fsp3) is 0.462. The van der Waals surface area contributed by atoms with Gasteiger partial charge in [0.2, 0.25) is 0 Å². The number of ether oxygens (including phenoxy) is 1. The van der Waals surface area contributed by atoms with E-state index in [0.29, 0.717) is 12.2 Å². The summed E-state index contributed by atoms with van der Waals surface area (Å²) in [5.74, 6) is 0.346. The van der Waals surface area contributed by atoms with Gasteiger partial charge in [-0.3, -0.25) is 0 Å². The van der Waals surface area contributed by atoms with Crippen LogP contribution in [0.15, 0.2) is 24.5 Å². The van der Waals surface area contributed by atoms with Crippen molar-refractivity contribution in [1.29, 1.82) is 0 Å². The molecule has 6 heteroatoms. The second-order valence-corrected chi connectivity index (χ2v) is 4.65. The van der Waals surface area contributed by atoms with E-state index < -0.39 is 5.54 Å². The zero-order chi connectivity index (χ0) is 13.9. The van der Waals surface area contributed by atoms with Crippen LogP contribution in [-0.2, 0) is 9.53 Å². The lowest BCUT2D eigenvalue weighted by molar-refractivity contribution is -0.145. The molecule has 2 aromatic rings. The molecule has 102 valence electrons. The SMILES string of the molecule is CCCC(C)(Nc1ccn2nccc2n1)C(=O)OC. The number of hydrogen-bond acceptors (Lipinski definition) is 5. The van der Waals surface area contributed by atoms with Crippen LogP contribution in [0.25, 0.3) is 5.65 Å². The molecule has 0 bridgehead atoms. The van der Waals surface area contributed by atoms with Gasteiger partial charge < -0.3 is 10.1 Å². The number of aromatic nitrogens is 3. The second kappa shape index (κ2) is 5.26. The molecule has 0 aliphatic heterocycles. The van der Waals surface area contributed by atoms with E-state index in [-0.39, 0.29) is 5.97 Å². The summed E-state index contributed by atoms with van der Waals surface area (Å²) in [6.07, 6.45) is 5.02. The topological polar surface area (TPSA) is 68.5 Å². The number of rotatable bonds is 5. The van der Waals surface area contributed by atoms with Gasteiger partial charge in [-0.1, -0.05) is 13.3 Å². The predicted molar refractivity (Wildman–Crippen MR) is 71.9 cm³/mol. The molecule has 1 unspecified atom stereocenters. The minimum Gasteiger partial charge on any atom is -0.467 e. The van der Waals surface area contributed by atoms with Crippen molar-refractivity contribution in [3.8, 4) is 0 Å².